The maximum Gasteiger partial charge on any atom is 0.697 e. The van der Waals surface area contributed by atoms with E-state index in [1.54, 1.807) is 12.1 Å². The quantitative estimate of drug-likeness (QED) is 0.524. The van der Waals surface area contributed by atoms with Gasteiger partial charge in [0, 0.05) is 10.1 Å². The van der Waals surface area contributed by atoms with Crippen LogP contribution < -0.4 is 11.3 Å². The number of benzene rings is 1. The summed E-state index contributed by atoms with van der Waals surface area (Å²) in [6, 6.07) is 9.09. The Morgan fingerprint density at radius 3 is 2.86 bits per heavy atom. The predicted molar refractivity (Wildman–Crippen MR) is 96.3 cm³/mol. The maximum absolute atomic E-state index is 12.3. The minimum Gasteiger partial charge on any atom is -0.385 e. The lowest BCUT2D eigenvalue weighted by atomic mass is 10.1. The number of aliphatic hydroxyl groups is 1. The third-order valence-corrected chi connectivity index (χ3v) is 5.49. The summed E-state index contributed by atoms with van der Waals surface area (Å²) in [6.45, 7) is 0.0108. The van der Waals surface area contributed by atoms with Crippen molar-refractivity contribution < 1.29 is 23.5 Å². The molecule has 12 heteroatoms. The summed E-state index contributed by atoms with van der Waals surface area (Å²) in [4.78, 5) is 23.4. The molecule has 4 N–H and O–H groups in total. The number of rotatable bonds is 2. The summed E-state index contributed by atoms with van der Waals surface area (Å²) in [7, 11) is -2.33. The topological polar surface area (TPSA) is 155 Å². The molecule has 1 aromatic carbocycles. The van der Waals surface area contributed by atoms with Gasteiger partial charge in [-0.25, -0.2) is 4.98 Å². The van der Waals surface area contributed by atoms with Crippen LogP contribution in [0.1, 0.15) is 6.23 Å². The molecular weight excluding hydrogens is 389 g/mol. The number of anilines is 1. The Hall–Kier alpha value is -2.69. The molecule has 11 nitrogen and oxygen atoms in total. The first-order chi connectivity index (χ1) is 13.5. The van der Waals surface area contributed by atoms with Crippen molar-refractivity contribution in [1.29, 1.82) is 0 Å². The van der Waals surface area contributed by atoms with Gasteiger partial charge in [0.05, 0.1) is 0 Å². The Labute approximate surface area is 158 Å². The second-order valence-corrected chi connectivity index (χ2v) is 7.36. The highest BCUT2D eigenvalue weighted by molar-refractivity contribution is 7.33. The number of H-pyrrole nitrogens is 1. The van der Waals surface area contributed by atoms with Crippen molar-refractivity contribution in [3.63, 3.8) is 0 Å². The fourth-order valence-corrected chi connectivity index (χ4v) is 4.28. The second-order valence-electron chi connectivity index (χ2n) is 6.44. The minimum atomic E-state index is -2.33. The number of aromatic nitrogens is 4. The number of nitrogen functional groups attached to an aromatic ring is 1. The molecule has 3 unspecified atom stereocenters. The van der Waals surface area contributed by atoms with Crippen molar-refractivity contribution in [2.45, 2.75) is 24.5 Å². The van der Waals surface area contributed by atoms with E-state index < -0.39 is 38.4 Å². The molecule has 5 atom stereocenters. The monoisotopic (exact) mass is 404 g/mol. The van der Waals surface area contributed by atoms with Gasteiger partial charge in [0.25, 0.3) is 5.56 Å². The molecule has 28 heavy (non-hydrogen) atoms. The molecule has 2 aliphatic heterocycles. The largest absolute Gasteiger partial charge is 0.697 e. The number of aliphatic hydroxyl groups excluding tert-OH is 1. The number of nitrogens with two attached hydrogens (primary N) is 1. The molecule has 2 fully saturated rings. The van der Waals surface area contributed by atoms with Crippen LogP contribution in [0.3, 0.4) is 0 Å². The number of ether oxygens (including phenoxy) is 1. The van der Waals surface area contributed by atoms with E-state index in [2.05, 4.69) is 15.0 Å². The van der Waals surface area contributed by atoms with Crippen LogP contribution in [0.2, 0.25) is 0 Å². The lowest BCUT2D eigenvalue weighted by Crippen LogP contribution is -2.37. The predicted octanol–water partition coefficient (Wildman–Crippen LogP) is 0.700. The Morgan fingerprint density at radius 2 is 2.07 bits per heavy atom. The lowest BCUT2D eigenvalue weighted by molar-refractivity contribution is -0.0546. The van der Waals surface area contributed by atoms with E-state index in [9.17, 15) is 14.5 Å². The van der Waals surface area contributed by atoms with Crippen LogP contribution in [0, 0.1) is 0 Å². The molecular formula is C16H15N5O6P+. The van der Waals surface area contributed by atoms with Gasteiger partial charge < -0.3 is 15.6 Å². The molecule has 0 aliphatic carbocycles. The lowest BCUT2D eigenvalue weighted by Gasteiger charge is -2.19. The van der Waals surface area contributed by atoms with Gasteiger partial charge in [0.2, 0.25) is 5.95 Å². The highest BCUT2D eigenvalue weighted by atomic mass is 31.1. The number of nitrogens with one attached hydrogen (secondary N) is 1. The average Bonchev–Trinajstić information content (AvgIpc) is 3.21. The number of hydrogen-bond acceptors (Lipinski definition) is 9. The van der Waals surface area contributed by atoms with E-state index in [1.807, 2.05) is 18.2 Å². The molecule has 0 spiro atoms. The first kappa shape index (κ1) is 17.4. The van der Waals surface area contributed by atoms with E-state index in [4.69, 9.17) is 19.5 Å². The number of hydrogen-bond donors (Lipinski definition) is 3. The molecule has 2 saturated heterocycles. The molecule has 0 bridgehead atoms. The number of fused-ring (bicyclic) bond motifs is 2. The van der Waals surface area contributed by atoms with Crippen LogP contribution in [-0.2, 0) is 18.3 Å². The van der Waals surface area contributed by atoms with Crippen molar-refractivity contribution in [2.24, 2.45) is 0 Å². The molecule has 4 heterocycles. The number of nitrogens with zero attached hydrogens (tertiary/aromatic N) is 3. The van der Waals surface area contributed by atoms with E-state index in [0.717, 1.165) is 0 Å². The first-order valence-corrected chi connectivity index (χ1v) is 9.56. The van der Waals surface area contributed by atoms with Crippen LogP contribution in [0.15, 0.2) is 35.1 Å². The average molecular weight is 404 g/mol. The summed E-state index contributed by atoms with van der Waals surface area (Å²) in [5, 5.41) is 10.8. The highest BCUT2D eigenvalue weighted by Crippen LogP contribution is 2.44. The number of aromatic amines is 1. The molecule has 0 saturated carbocycles. The van der Waals surface area contributed by atoms with Gasteiger partial charge in [0.15, 0.2) is 23.5 Å². The molecule has 0 amide bonds. The molecule has 5 rings (SSSR count). The van der Waals surface area contributed by atoms with E-state index >= 15 is 0 Å². The van der Waals surface area contributed by atoms with Crippen LogP contribution >= 0.6 is 8.25 Å². The van der Waals surface area contributed by atoms with Crippen molar-refractivity contribution in [3.8, 4) is 11.4 Å². The Morgan fingerprint density at radius 1 is 1.29 bits per heavy atom. The fourth-order valence-electron chi connectivity index (χ4n) is 3.49. The van der Waals surface area contributed by atoms with Gasteiger partial charge in [-0.3, -0.25) is 14.3 Å². The Bertz CT molecular complexity index is 1130. The molecule has 0 radical (unpaired) electrons. The van der Waals surface area contributed by atoms with Crippen LogP contribution in [-0.4, -0.2) is 49.5 Å². The van der Waals surface area contributed by atoms with Gasteiger partial charge in [-0.15, -0.1) is 9.05 Å². The first-order valence-electron chi connectivity index (χ1n) is 8.46. The van der Waals surface area contributed by atoms with Gasteiger partial charge in [-0.1, -0.05) is 30.3 Å². The van der Waals surface area contributed by atoms with E-state index in [1.165, 1.54) is 4.57 Å². The Kier molecular flexibility index (Phi) is 4.00. The fraction of sp³-hybridized carbons (Fsp3) is 0.312. The Balaban J connectivity index is 1.72. The van der Waals surface area contributed by atoms with E-state index in [0.29, 0.717) is 11.4 Å². The van der Waals surface area contributed by atoms with Crippen LogP contribution in [0.4, 0.5) is 5.95 Å². The van der Waals surface area contributed by atoms with Crippen molar-refractivity contribution in [2.75, 3.05) is 12.3 Å². The summed E-state index contributed by atoms with van der Waals surface area (Å²) in [6.07, 6.45) is -3.65. The van der Waals surface area contributed by atoms with Crippen LogP contribution in [0.5, 0.6) is 0 Å². The van der Waals surface area contributed by atoms with Crippen molar-refractivity contribution >= 4 is 25.4 Å². The third kappa shape index (κ3) is 2.64. The van der Waals surface area contributed by atoms with E-state index in [-0.39, 0.29) is 23.7 Å². The third-order valence-electron chi connectivity index (χ3n) is 4.72. The van der Waals surface area contributed by atoms with Gasteiger partial charge in [-0.2, -0.15) is 4.98 Å². The highest BCUT2D eigenvalue weighted by Gasteiger charge is 2.55. The minimum absolute atomic E-state index is 0.0108. The molecule has 3 aromatic rings. The summed E-state index contributed by atoms with van der Waals surface area (Å²) < 4.78 is 29.2. The van der Waals surface area contributed by atoms with Gasteiger partial charge >= 0.3 is 8.25 Å². The zero-order valence-corrected chi connectivity index (χ0v) is 15.2. The zero-order valence-electron chi connectivity index (χ0n) is 14.3. The second kappa shape index (κ2) is 6.43. The molecule has 144 valence electrons. The summed E-state index contributed by atoms with van der Waals surface area (Å²) in [5.74, 6) is 0.276. The zero-order chi connectivity index (χ0) is 19.4. The van der Waals surface area contributed by atoms with Crippen molar-refractivity contribution in [1.82, 2.24) is 19.5 Å². The number of imidazole rings is 1. The normalized spacial score (nSPS) is 28.5. The smallest absolute Gasteiger partial charge is 0.385 e. The van der Waals surface area contributed by atoms with Gasteiger partial charge in [-0.05, 0) is 0 Å². The molecule has 2 aliphatic rings. The maximum atomic E-state index is 12.3. The standard InChI is InChI=1S/C16H14N5O6P/c17-16-19-13-9(14(23)20-16)18-12(7-4-2-1-3-5-7)21(13)15-10(22)11-8(26-15)6-25-28(24)27-11/h1-5,8,10-11,15,22H,6H2,(H2-,17,19,20,23)/p+1/t8?,10?,11-,15-/m1/s1. The van der Waals surface area contributed by atoms with Crippen molar-refractivity contribution in [3.05, 3.63) is 40.7 Å². The van der Waals surface area contributed by atoms with Crippen LogP contribution in [0.25, 0.3) is 22.6 Å². The van der Waals surface area contributed by atoms with Gasteiger partial charge in [0.1, 0.15) is 24.6 Å². The summed E-state index contributed by atoms with van der Waals surface area (Å²) in [5.41, 5.74) is 6.11. The SMILES string of the molecule is Nc1nc2c(nc(-c3ccccc3)n2[C@@H]2OC3CO[P+](=O)O[C@H]3C2O)c(=O)[nH]1. The molecule has 2 aromatic heterocycles. The summed E-state index contributed by atoms with van der Waals surface area (Å²) >= 11 is 0.